The van der Waals surface area contributed by atoms with Gasteiger partial charge in [-0.2, -0.15) is 0 Å². The highest BCUT2D eigenvalue weighted by Crippen LogP contribution is 2.34. The third-order valence-electron chi connectivity index (χ3n) is 5.91. The van der Waals surface area contributed by atoms with E-state index >= 15 is 0 Å². The molecular formula is C29H22Cl4N2O4. The van der Waals surface area contributed by atoms with Gasteiger partial charge in [-0.3, -0.25) is 10.6 Å². The van der Waals surface area contributed by atoms with Gasteiger partial charge in [-0.25, -0.2) is 9.59 Å². The van der Waals surface area contributed by atoms with Crippen molar-refractivity contribution >= 4 is 70.0 Å². The summed E-state index contributed by atoms with van der Waals surface area (Å²) in [5.74, 6) is 0.757. The molecule has 0 atom stereocenters. The monoisotopic (exact) mass is 602 g/mol. The number of carbonyl (C=O) groups excluding carboxylic acids is 2. The summed E-state index contributed by atoms with van der Waals surface area (Å²) in [4.78, 5) is 24.5. The van der Waals surface area contributed by atoms with Crippen LogP contribution >= 0.6 is 46.4 Å². The van der Waals surface area contributed by atoms with Crippen LogP contribution in [0.3, 0.4) is 0 Å². The third kappa shape index (κ3) is 7.37. The molecule has 39 heavy (non-hydrogen) atoms. The van der Waals surface area contributed by atoms with Crippen molar-refractivity contribution in [2.24, 2.45) is 0 Å². The van der Waals surface area contributed by atoms with Crippen LogP contribution in [-0.4, -0.2) is 12.2 Å². The Morgan fingerprint density at radius 1 is 0.564 bits per heavy atom. The van der Waals surface area contributed by atoms with Crippen molar-refractivity contribution in [3.05, 3.63) is 116 Å². The molecule has 4 aromatic rings. The first-order chi connectivity index (χ1) is 18.5. The first-order valence-electron chi connectivity index (χ1n) is 11.6. The van der Waals surface area contributed by atoms with Crippen LogP contribution in [0, 0.1) is 0 Å². The highest BCUT2D eigenvalue weighted by atomic mass is 35.5. The van der Waals surface area contributed by atoms with Gasteiger partial charge in [-0.1, -0.05) is 84.5 Å². The smallest absolute Gasteiger partial charge is 0.410 e. The van der Waals surface area contributed by atoms with Crippen LogP contribution in [0.2, 0.25) is 20.1 Å². The van der Waals surface area contributed by atoms with Crippen LogP contribution in [0.25, 0.3) is 0 Å². The van der Waals surface area contributed by atoms with Crippen LogP contribution < -0.4 is 20.1 Å². The molecule has 0 saturated carbocycles. The summed E-state index contributed by atoms with van der Waals surface area (Å²) in [7, 11) is 0. The van der Waals surface area contributed by atoms with Crippen molar-refractivity contribution in [2.75, 3.05) is 10.6 Å². The van der Waals surface area contributed by atoms with Crippen LogP contribution in [-0.2, 0) is 5.41 Å². The quantitative estimate of drug-likeness (QED) is 0.230. The molecule has 0 heterocycles. The van der Waals surface area contributed by atoms with Gasteiger partial charge >= 0.3 is 12.2 Å². The van der Waals surface area contributed by atoms with Gasteiger partial charge in [0.2, 0.25) is 0 Å². The Bertz CT molecular complexity index is 1390. The van der Waals surface area contributed by atoms with Crippen molar-refractivity contribution in [1.29, 1.82) is 0 Å². The average molecular weight is 604 g/mol. The van der Waals surface area contributed by atoms with Gasteiger partial charge in [0, 0.05) is 16.8 Å². The molecule has 10 heteroatoms. The summed E-state index contributed by atoms with van der Waals surface area (Å²) in [6.45, 7) is 4.12. The number of anilines is 2. The van der Waals surface area contributed by atoms with Crippen LogP contribution in [0.5, 0.6) is 11.5 Å². The summed E-state index contributed by atoms with van der Waals surface area (Å²) in [5, 5.41) is 6.65. The number of rotatable bonds is 6. The van der Waals surface area contributed by atoms with E-state index in [2.05, 4.69) is 24.5 Å². The van der Waals surface area contributed by atoms with Crippen molar-refractivity contribution in [3.63, 3.8) is 0 Å². The van der Waals surface area contributed by atoms with E-state index in [1.54, 1.807) is 48.5 Å². The molecule has 0 fully saturated rings. The Morgan fingerprint density at radius 3 is 1.26 bits per heavy atom. The lowest BCUT2D eigenvalue weighted by Gasteiger charge is -2.26. The normalized spacial score (nSPS) is 11.0. The van der Waals surface area contributed by atoms with E-state index in [0.717, 1.165) is 11.1 Å². The molecule has 0 unspecified atom stereocenters. The summed E-state index contributed by atoms with van der Waals surface area (Å²) in [5.41, 5.74) is 2.52. The van der Waals surface area contributed by atoms with Crippen molar-refractivity contribution < 1.29 is 19.1 Å². The molecule has 200 valence electrons. The van der Waals surface area contributed by atoms with Gasteiger partial charge in [-0.05, 0) is 71.8 Å². The lowest BCUT2D eigenvalue weighted by molar-refractivity contribution is 0.214. The molecule has 0 aliphatic heterocycles. The van der Waals surface area contributed by atoms with Crippen LogP contribution in [0.4, 0.5) is 21.0 Å². The molecule has 0 spiro atoms. The molecule has 0 bridgehead atoms. The number of hydrogen-bond donors (Lipinski definition) is 2. The van der Waals surface area contributed by atoms with Crippen molar-refractivity contribution in [1.82, 2.24) is 0 Å². The predicted molar refractivity (Wildman–Crippen MR) is 157 cm³/mol. The molecular weight excluding hydrogens is 582 g/mol. The topological polar surface area (TPSA) is 76.7 Å². The molecule has 2 amide bonds. The van der Waals surface area contributed by atoms with E-state index in [1.165, 1.54) is 12.1 Å². The lowest BCUT2D eigenvalue weighted by atomic mass is 9.78. The van der Waals surface area contributed by atoms with Gasteiger partial charge in [0.1, 0.15) is 11.5 Å². The lowest BCUT2D eigenvalue weighted by Crippen LogP contribution is -2.20. The number of nitrogens with one attached hydrogen (secondary N) is 2. The minimum atomic E-state index is -0.654. The number of ether oxygens (including phenoxy) is 2. The van der Waals surface area contributed by atoms with Crippen LogP contribution in [0.15, 0.2) is 84.9 Å². The molecule has 0 saturated heterocycles. The molecule has 0 aliphatic carbocycles. The largest absolute Gasteiger partial charge is 0.417 e. The number of halogens is 4. The van der Waals surface area contributed by atoms with Gasteiger partial charge < -0.3 is 9.47 Å². The van der Waals surface area contributed by atoms with Gasteiger partial charge in [0.25, 0.3) is 0 Å². The Kier molecular flexibility index (Phi) is 8.93. The Hall–Kier alpha value is -3.42. The minimum Gasteiger partial charge on any atom is -0.410 e. The number of amides is 2. The van der Waals surface area contributed by atoms with Gasteiger partial charge in [0.15, 0.2) is 0 Å². The number of carbonyl (C=O) groups is 2. The maximum atomic E-state index is 12.3. The predicted octanol–water partition coefficient (Wildman–Crippen LogP) is 9.85. The molecule has 2 N–H and O–H groups in total. The number of benzene rings is 4. The van der Waals surface area contributed by atoms with Crippen molar-refractivity contribution in [3.8, 4) is 11.5 Å². The maximum absolute atomic E-state index is 12.3. The fourth-order valence-electron chi connectivity index (χ4n) is 3.69. The Morgan fingerprint density at radius 2 is 0.923 bits per heavy atom. The molecule has 0 aliphatic rings. The van der Waals surface area contributed by atoms with E-state index < -0.39 is 12.2 Å². The zero-order chi connectivity index (χ0) is 28.2. The standard InChI is InChI=1S/C29H22Cl4N2O4/c1-29(2,17-3-9-21(10-4-17)38-27(36)34-19-7-13-23(30)25(32)15-19)18-5-11-22(12-6-18)39-28(37)35-20-8-14-24(31)26(33)16-20/h3-16H,1-2H3,(H,34,36)(H,35,37). The average Bonchev–Trinajstić information content (AvgIpc) is 2.89. The molecule has 6 nitrogen and oxygen atoms in total. The minimum absolute atomic E-state index is 0.326. The molecule has 0 aromatic heterocycles. The zero-order valence-corrected chi connectivity index (χ0v) is 23.8. The van der Waals surface area contributed by atoms with Crippen LogP contribution in [0.1, 0.15) is 25.0 Å². The third-order valence-corrected chi connectivity index (χ3v) is 7.38. The van der Waals surface area contributed by atoms with E-state index in [1.807, 2.05) is 24.3 Å². The summed E-state index contributed by atoms with van der Waals surface area (Å²) < 4.78 is 10.8. The van der Waals surface area contributed by atoms with E-state index in [4.69, 9.17) is 55.9 Å². The molecule has 4 rings (SSSR count). The second kappa shape index (κ2) is 12.2. The second-order valence-electron chi connectivity index (χ2n) is 8.96. The maximum Gasteiger partial charge on any atom is 0.417 e. The highest BCUT2D eigenvalue weighted by Gasteiger charge is 2.23. The summed E-state index contributed by atoms with van der Waals surface area (Å²) >= 11 is 23.8. The first-order valence-corrected chi connectivity index (χ1v) is 13.1. The van der Waals surface area contributed by atoms with Crippen molar-refractivity contribution in [2.45, 2.75) is 19.3 Å². The Balaban J connectivity index is 1.36. The van der Waals surface area contributed by atoms with E-state index in [9.17, 15) is 9.59 Å². The second-order valence-corrected chi connectivity index (χ2v) is 10.6. The molecule has 0 radical (unpaired) electrons. The van der Waals surface area contributed by atoms with E-state index in [0.29, 0.717) is 43.0 Å². The van der Waals surface area contributed by atoms with Gasteiger partial charge in [-0.15, -0.1) is 0 Å². The number of hydrogen-bond acceptors (Lipinski definition) is 4. The SMILES string of the molecule is CC(C)(c1ccc(OC(=O)Nc2ccc(Cl)c(Cl)c2)cc1)c1ccc(OC(=O)Nc2ccc(Cl)c(Cl)c2)cc1. The fraction of sp³-hybridized carbons (Fsp3) is 0.103. The highest BCUT2D eigenvalue weighted by molar-refractivity contribution is 6.42. The summed E-state index contributed by atoms with van der Waals surface area (Å²) in [6.07, 6.45) is -1.31. The van der Waals surface area contributed by atoms with Gasteiger partial charge in [0.05, 0.1) is 20.1 Å². The first kappa shape index (κ1) is 28.6. The Labute approximate surface area is 245 Å². The van der Waals surface area contributed by atoms with E-state index in [-0.39, 0.29) is 5.41 Å². The zero-order valence-electron chi connectivity index (χ0n) is 20.7. The fourth-order valence-corrected chi connectivity index (χ4v) is 4.29. The molecule has 4 aromatic carbocycles. The summed E-state index contributed by atoms with van der Waals surface area (Å²) in [6, 6.07) is 23.9.